The Morgan fingerprint density at radius 2 is 1.88 bits per heavy atom. The van der Waals surface area contributed by atoms with Gasteiger partial charge in [0.15, 0.2) is 5.96 Å². The number of rotatable bonds is 11. The van der Waals surface area contributed by atoms with Crippen LogP contribution in [0, 0.1) is 0 Å². The Balaban J connectivity index is 0.00000512. The Hall–Kier alpha value is -1.31. The monoisotopic (exact) mass is 574 g/mol. The van der Waals surface area contributed by atoms with Gasteiger partial charge in [-0.05, 0) is 31.0 Å². The van der Waals surface area contributed by atoms with Crippen LogP contribution in [-0.2, 0) is 9.47 Å². The van der Waals surface area contributed by atoms with Crippen LogP contribution in [0.3, 0.4) is 0 Å². The minimum absolute atomic E-state index is 0. The first kappa shape index (κ1) is 28.7. The van der Waals surface area contributed by atoms with Crippen molar-refractivity contribution in [1.29, 1.82) is 0 Å². The Bertz CT molecular complexity index is 657. The SMILES string of the molecule is CCNC(=NCC(c1ccc(OC)cc1)N1CCOCC1)NCCCOCC(F)(F)F.I. The third-order valence-electron chi connectivity index (χ3n) is 4.78. The van der Waals surface area contributed by atoms with Crippen LogP contribution in [-0.4, -0.2) is 83.3 Å². The van der Waals surface area contributed by atoms with Gasteiger partial charge in [-0.3, -0.25) is 9.89 Å². The lowest BCUT2D eigenvalue weighted by Gasteiger charge is -2.34. The largest absolute Gasteiger partial charge is 0.497 e. The highest BCUT2D eigenvalue weighted by Crippen LogP contribution is 2.24. The fourth-order valence-electron chi connectivity index (χ4n) is 3.24. The zero-order chi connectivity index (χ0) is 22.5. The summed E-state index contributed by atoms with van der Waals surface area (Å²) in [5, 5.41) is 6.34. The molecule has 184 valence electrons. The molecule has 2 N–H and O–H groups in total. The summed E-state index contributed by atoms with van der Waals surface area (Å²) in [4.78, 5) is 7.08. The Kier molecular flexibility index (Phi) is 13.9. The van der Waals surface area contributed by atoms with Crippen molar-refractivity contribution in [2.45, 2.75) is 25.6 Å². The van der Waals surface area contributed by atoms with E-state index in [1.165, 1.54) is 0 Å². The van der Waals surface area contributed by atoms with Gasteiger partial charge in [-0.2, -0.15) is 13.2 Å². The number of aliphatic imine (C=N–C) groups is 1. The summed E-state index contributed by atoms with van der Waals surface area (Å²) in [5.74, 6) is 1.43. The molecular weight excluding hydrogens is 540 g/mol. The average molecular weight is 574 g/mol. The molecule has 1 aromatic carbocycles. The van der Waals surface area contributed by atoms with Crippen molar-refractivity contribution in [3.05, 3.63) is 29.8 Å². The van der Waals surface area contributed by atoms with Crippen molar-refractivity contribution in [3.8, 4) is 5.75 Å². The fraction of sp³-hybridized carbons (Fsp3) is 0.667. The first-order chi connectivity index (χ1) is 14.9. The smallest absolute Gasteiger partial charge is 0.411 e. The van der Waals surface area contributed by atoms with Crippen LogP contribution in [0.4, 0.5) is 13.2 Å². The molecule has 0 radical (unpaired) electrons. The van der Waals surface area contributed by atoms with Crippen LogP contribution in [0.5, 0.6) is 5.75 Å². The lowest BCUT2D eigenvalue weighted by molar-refractivity contribution is -0.173. The van der Waals surface area contributed by atoms with Crippen molar-refractivity contribution in [2.24, 2.45) is 4.99 Å². The van der Waals surface area contributed by atoms with Crippen LogP contribution in [0.2, 0.25) is 0 Å². The number of nitrogens with zero attached hydrogens (tertiary/aromatic N) is 2. The highest BCUT2D eigenvalue weighted by Gasteiger charge is 2.27. The summed E-state index contributed by atoms with van der Waals surface area (Å²) in [6.07, 6.45) is -3.84. The van der Waals surface area contributed by atoms with Gasteiger partial charge in [0.05, 0.1) is 32.9 Å². The molecule has 7 nitrogen and oxygen atoms in total. The zero-order valence-corrected chi connectivity index (χ0v) is 20.9. The fourth-order valence-corrected chi connectivity index (χ4v) is 3.24. The summed E-state index contributed by atoms with van der Waals surface area (Å²) >= 11 is 0. The quantitative estimate of drug-likeness (QED) is 0.183. The second-order valence-corrected chi connectivity index (χ2v) is 7.11. The number of alkyl halides is 3. The maximum absolute atomic E-state index is 12.1. The van der Waals surface area contributed by atoms with Gasteiger partial charge in [0, 0.05) is 32.8 Å². The molecule has 32 heavy (non-hydrogen) atoms. The number of methoxy groups -OCH3 is 1. The molecule has 1 saturated heterocycles. The Morgan fingerprint density at radius 3 is 2.47 bits per heavy atom. The maximum Gasteiger partial charge on any atom is 0.411 e. The Labute approximate surface area is 205 Å². The predicted molar refractivity (Wildman–Crippen MR) is 129 cm³/mol. The van der Waals surface area contributed by atoms with Gasteiger partial charge in [-0.15, -0.1) is 24.0 Å². The van der Waals surface area contributed by atoms with Crippen molar-refractivity contribution in [1.82, 2.24) is 15.5 Å². The molecule has 2 rings (SSSR count). The topological polar surface area (TPSA) is 67.4 Å². The van der Waals surface area contributed by atoms with E-state index in [-0.39, 0.29) is 36.6 Å². The number of benzene rings is 1. The zero-order valence-electron chi connectivity index (χ0n) is 18.6. The second kappa shape index (κ2) is 15.5. The molecule has 0 aromatic heterocycles. The second-order valence-electron chi connectivity index (χ2n) is 7.11. The number of ether oxygens (including phenoxy) is 3. The summed E-state index contributed by atoms with van der Waals surface area (Å²) < 4.78 is 51.7. The number of nitrogens with one attached hydrogen (secondary N) is 2. The van der Waals surface area contributed by atoms with E-state index in [4.69, 9.17) is 14.5 Å². The van der Waals surface area contributed by atoms with Crippen molar-refractivity contribution in [3.63, 3.8) is 0 Å². The summed E-state index contributed by atoms with van der Waals surface area (Å²) in [6.45, 7) is 5.49. The molecule has 0 aliphatic carbocycles. The molecule has 0 spiro atoms. The van der Waals surface area contributed by atoms with Gasteiger partial charge in [-0.1, -0.05) is 12.1 Å². The van der Waals surface area contributed by atoms with E-state index in [1.54, 1.807) is 7.11 Å². The molecule has 1 fully saturated rings. The van der Waals surface area contributed by atoms with Gasteiger partial charge in [0.1, 0.15) is 12.4 Å². The summed E-state index contributed by atoms with van der Waals surface area (Å²) in [6, 6.07) is 8.06. The third-order valence-corrected chi connectivity index (χ3v) is 4.78. The van der Waals surface area contributed by atoms with Gasteiger partial charge < -0.3 is 24.8 Å². The predicted octanol–water partition coefficient (Wildman–Crippen LogP) is 3.21. The van der Waals surface area contributed by atoms with E-state index >= 15 is 0 Å². The molecule has 1 heterocycles. The van der Waals surface area contributed by atoms with E-state index in [0.717, 1.165) is 24.4 Å². The first-order valence-corrected chi connectivity index (χ1v) is 10.6. The van der Waals surface area contributed by atoms with Gasteiger partial charge in [0.2, 0.25) is 0 Å². The van der Waals surface area contributed by atoms with Gasteiger partial charge in [-0.25, -0.2) is 0 Å². The molecule has 11 heteroatoms. The normalized spacial score (nSPS) is 16.2. The van der Waals surface area contributed by atoms with Crippen LogP contribution in [0.15, 0.2) is 29.3 Å². The Morgan fingerprint density at radius 1 is 1.19 bits per heavy atom. The van der Waals surface area contributed by atoms with E-state index < -0.39 is 12.8 Å². The number of morpholine rings is 1. The van der Waals surface area contributed by atoms with Gasteiger partial charge in [0.25, 0.3) is 0 Å². The lowest BCUT2D eigenvalue weighted by atomic mass is 10.0. The first-order valence-electron chi connectivity index (χ1n) is 10.6. The molecule has 1 aliphatic heterocycles. The molecule has 1 aliphatic rings. The molecular formula is C21H34F3IN4O3. The minimum atomic E-state index is -4.29. The van der Waals surface area contributed by atoms with Crippen LogP contribution >= 0.6 is 24.0 Å². The van der Waals surface area contributed by atoms with E-state index in [2.05, 4.69) is 20.3 Å². The van der Waals surface area contributed by atoms with Crippen molar-refractivity contribution in [2.75, 3.05) is 66.3 Å². The van der Waals surface area contributed by atoms with Crippen LogP contribution < -0.4 is 15.4 Å². The van der Waals surface area contributed by atoms with Crippen LogP contribution in [0.25, 0.3) is 0 Å². The highest BCUT2D eigenvalue weighted by molar-refractivity contribution is 14.0. The average Bonchev–Trinajstić information content (AvgIpc) is 2.76. The third kappa shape index (κ3) is 11.0. The number of halogens is 4. The van der Waals surface area contributed by atoms with Crippen molar-refractivity contribution >= 4 is 29.9 Å². The van der Waals surface area contributed by atoms with E-state index in [1.807, 2.05) is 31.2 Å². The molecule has 0 bridgehead atoms. The lowest BCUT2D eigenvalue weighted by Crippen LogP contribution is -2.42. The van der Waals surface area contributed by atoms with Crippen molar-refractivity contribution < 1.29 is 27.4 Å². The summed E-state index contributed by atoms with van der Waals surface area (Å²) in [5.41, 5.74) is 1.14. The van der Waals surface area contributed by atoms with E-state index in [0.29, 0.717) is 45.2 Å². The maximum atomic E-state index is 12.1. The van der Waals surface area contributed by atoms with Crippen LogP contribution in [0.1, 0.15) is 24.9 Å². The molecule has 1 unspecified atom stereocenters. The summed E-state index contributed by atoms with van der Waals surface area (Å²) in [7, 11) is 1.64. The van der Waals surface area contributed by atoms with E-state index in [9.17, 15) is 13.2 Å². The minimum Gasteiger partial charge on any atom is -0.497 e. The molecule has 0 amide bonds. The number of guanidine groups is 1. The number of hydrogen-bond acceptors (Lipinski definition) is 5. The van der Waals surface area contributed by atoms with Gasteiger partial charge >= 0.3 is 6.18 Å². The standard InChI is InChI=1S/C21H33F3N4O3.HI/c1-3-25-20(26-9-4-12-31-16-21(22,23)24)27-15-19(28-10-13-30-14-11-28)17-5-7-18(29-2)8-6-17;/h5-8,19H,3-4,9-16H2,1-2H3,(H2,25,26,27);1H. The molecule has 0 saturated carbocycles. The highest BCUT2D eigenvalue weighted by atomic mass is 127. The number of hydrogen-bond donors (Lipinski definition) is 2. The molecule has 1 atom stereocenters. The molecule has 1 aromatic rings.